The minimum atomic E-state index is -0.476. The van der Waals surface area contributed by atoms with Gasteiger partial charge in [-0.1, -0.05) is 88.8 Å². The van der Waals surface area contributed by atoms with Crippen LogP contribution < -0.4 is 0 Å². The summed E-state index contributed by atoms with van der Waals surface area (Å²) in [5.74, 6) is -0.476. The van der Waals surface area contributed by atoms with E-state index in [9.17, 15) is 4.39 Å². The van der Waals surface area contributed by atoms with Crippen LogP contribution in [0.1, 0.15) is 26.7 Å². The van der Waals surface area contributed by atoms with Crippen molar-refractivity contribution >= 4 is 0 Å². The summed E-state index contributed by atoms with van der Waals surface area (Å²) in [6.45, 7) is 27.0. The summed E-state index contributed by atoms with van der Waals surface area (Å²) in [6, 6.07) is 0. The molecule has 122 valence electrons. The zero-order valence-corrected chi connectivity index (χ0v) is 14.4. The summed E-state index contributed by atoms with van der Waals surface area (Å²) in [7, 11) is 0. The first-order chi connectivity index (χ1) is 10.7. The van der Waals surface area contributed by atoms with Gasteiger partial charge in [0.05, 0.1) is 0 Å². The zero-order chi connectivity index (χ0) is 18.0. The highest BCUT2D eigenvalue weighted by Crippen LogP contribution is 2.22. The van der Waals surface area contributed by atoms with Gasteiger partial charge in [0.15, 0.2) is 0 Å². The fraction of sp³-hybridized carbons (Fsp3) is 0.182. The quantitative estimate of drug-likeness (QED) is 0.377. The van der Waals surface area contributed by atoms with Crippen LogP contribution in [-0.4, -0.2) is 0 Å². The van der Waals surface area contributed by atoms with Crippen molar-refractivity contribution < 1.29 is 4.39 Å². The lowest BCUT2D eigenvalue weighted by Crippen LogP contribution is -1.88. The second-order valence-corrected chi connectivity index (χ2v) is 5.24. The molecule has 0 aliphatic rings. The maximum Gasteiger partial charge on any atom is 0.131 e. The molecule has 0 aromatic heterocycles. The molecule has 0 fully saturated rings. The third-order valence-electron chi connectivity index (χ3n) is 3.34. The van der Waals surface area contributed by atoms with Crippen LogP contribution in [0.25, 0.3) is 0 Å². The molecular formula is C22H27F. The Labute approximate surface area is 140 Å². The van der Waals surface area contributed by atoms with Gasteiger partial charge in [-0.05, 0) is 35.6 Å². The van der Waals surface area contributed by atoms with Gasteiger partial charge in [-0.2, -0.15) is 0 Å². The van der Waals surface area contributed by atoms with Crippen LogP contribution in [-0.2, 0) is 0 Å². The SMILES string of the molecule is C=C(/C=C\C(=C)C(=C)/C=C(/F)C(=C)C(=C)/C=C\C(=C)CC)CC. The van der Waals surface area contributed by atoms with Gasteiger partial charge >= 0.3 is 0 Å². The monoisotopic (exact) mass is 310 g/mol. The summed E-state index contributed by atoms with van der Waals surface area (Å²) in [5, 5.41) is 0. The second kappa shape index (κ2) is 10.3. The Kier molecular flexibility index (Phi) is 9.26. The average Bonchev–Trinajstić information content (AvgIpc) is 2.55. The van der Waals surface area contributed by atoms with E-state index in [0.29, 0.717) is 16.7 Å². The third-order valence-corrected chi connectivity index (χ3v) is 3.34. The number of halogens is 1. The maximum absolute atomic E-state index is 14.2. The topological polar surface area (TPSA) is 0 Å². The fourth-order valence-electron chi connectivity index (χ4n) is 1.37. The van der Waals surface area contributed by atoms with Crippen molar-refractivity contribution in [2.45, 2.75) is 26.7 Å². The van der Waals surface area contributed by atoms with Crippen molar-refractivity contribution in [1.29, 1.82) is 0 Å². The highest BCUT2D eigenvalue weighted by atomic mass is 19.1. The van der Waals surface area contributed by atoms with Gasteiger partial charge in [-0.25, -0.2) is 4.39 Å². The van der Waals surface area contributed by atoms with Crippen LogP contribution in [0, 0.1) is 0 Å². The first-order valence-corrected chi connectivity index (χ1v) is 7.58. The smallest absolute Gasteiger partial charge is 0.131 e. The number of hydrogen-bond donors (Lipinski definition) is 0. The average molecular weight is 310 g/mol. The number of rotatable bonds is 10. The van der Waals surface area contributed by atoms with Gasteiger partial charge in [0.2, 0.25) is 0 Å². The molecule has 0 aliphatic carbocycles. The van der Waals surface area contributed by atoms with E-state index < -0.39 is 5.83 Å². The van der Waals surface area contributed by atoms with Gasteiger partial charge in [0, 0.05) is 5.57 Å². The van der Waals surface area contributed by atoms with E-state index in [0.717, 1.165) is 24.0 Å². The lowest BCUT2D eigenvalue weighted by atomic mass is 10.0. The highest BCUT2D eigenvalue weighted by Gasteiger charge is 2.05. The van der Waals surface area contributed by atoms with Crippen molar-refractivity contribution in [1.82, 2.24) is 0 Å². The number of hydrogen-bond acceptors (Lipinski definition) is 0. The standard InChI is InChI=1S/C22H27F/c1-9-16(3)11-13-18(5)20(7)15-22(23)21(8)19(6)14-12-17(4)10-2/h11-15H,3-10H2,1-2H3/b13-11-,14-12-,22-15+. The summed E-state index contributed by atoms with van der Waals surface area (Å²) in [5.41, 5.74) is 3.76. The van der Waals surface area contributed by atoms with Crippen LogP contribution in [0.2, 0.25) is 0 Å². The Morgan fingerprint density at radius 2 is 1.13 bits per heavy atom. The molecule has 0 unspecified atom stereocenters. The largest absolute Gasteiger partial charge is 0.206 e. The van der Waals surface area contributed by atoms with Gasteiger partial charge in [-0.3, -0.25) is 0 Å². The second-order valence-electron chi connectivity index (χ2n) is 5.24. The molecule has 0 rings (SSSR count). The molecule has 0 nitrogen and oxygen atoms in total. The van der Waals surface area contributed by atoms with Crippen molar-refractivity contribution in [2.24, 2.45) is 0 Å². The molecule has 0 radical (unpaired) electrons. The lowest BCUT2D eigenvalue weighted by molar-refractivity contribution is 0.655. The molecule has 0 N–H and O–H groups in total. The fourth-order valence-corrected chi connectivity index (χ4v) is 1.37. The van der Waals surface area contributed by atoms with Crippen molar-refractivity contribution in [3.05, 3.63) is 109 Å². The van der Waals surface area contributed by atoms with E-state index >= 15 is 0 Å². The van der Waals surface area contributed by atoms with Crippen LogP contribution in [0.5, 0.6) is 0 Å². The van der Waals surface area contributed by atoms with Crippen molar-refractivity contribution in [3.8, 4) is 0 Å². The molecule has 0 amide bonds. The van der Waals surface area contributed by atoms with E-state index in [-0.39, 0.29) is 5.57 Å². The van der Waals surface area contributed by atoms with Gasteiger partial charge < -0.3 is 0 Å². The predicted octanol–water partition coefficient (Wildman–Crippen LogP) is 7.11. The van der Waals surface area contributed by atoms with E-state index in [4.69, 9.17) is 0 Å². The zero-order valence-electron chi connectivity index (χ0n) is 14.4. The molecule has 0 aliphatic heterocycles. The van der Waals surface area contributed by atoms with Crippen molar-refractivity contribution in [2.75, 3.05) is 0 Å². The lowest BCUT2D eigenvalue weighted by Gasteiger charge is -2.05. The van der Waals surface area contributed by atoms with Crippen LogP contribution in [0.3, 0.4) is 0 Å². The first-order valence-electron chi connectivity index (χ1n) is 7.58. The van der Waals surface area contributed by atoms with E-state index in [1.165, 1.54) is 6.08 Å². The summed E-state index contributed by atoms with van der Waals surface area (Å²) in [4.78, 5) is 0. The Morgan fingerprint density at radius 1 is 0.696 bits per heavy atom. The Morgan fingerprint density at radius 3 is 1.57 bits per heavy atom. The first kappa shape index (κ1) is 20.6. The van der Waals surface area contributed by atoms with E-state index in [1.54, 1.807) is 12.2 Å². The van der Waals surface area contributed by atoms with Crippen molar-refractivity contribution in [3.63, 3.8) is 0 Å². The normalized spacial score (nSPS) is 11.7. The molecular weight excluding hydrogens is 283 g/mol. The molecule has 0 atom stereocenters. The predicted molar refractivity (Wildman–Crippen MR) is 103 cm³/mol. The van der Waals surface area contributed by atoms with Crippen LogP contribution in [0.15, 0.2) is 109 Å². The number of allylic oxidation sites excluding steroid dienone is 12. The Balaban J connectivity index is 4.93. The summed E-state index contributed by atoms with van der Waals surface area (Å²) in [6.07, 6.45) is 10.2. The third kappa shape index (κ3) is 7.96. The summed E-state index contributed by atoms with van der Waals surface area (Å²) < 4.78 is 14.2. The molecule has 0 aromatic rings. The summed E-state index contributed by atoms with van der Waals surface area (Å²) >= 11 is 0. The minimum absolute atomic E-state index is 0.223. The molecule has 0 heterocycles. The highest BCUT2D eigenvalue weighted by molar-refractivity contribution is 5.52. The van der Waals surface area contributed by atoms with Crippen LogP contribution >= 0.6 is 0 Å². The van der Waals surface area contributed by atoms with Gasteiger partial charge in [0.25, 0.3) is 0 Å². The van der Waals surface area contributed by atoms with Gasteiger partial charge in [0.1, 0.15) is 5.83 Å². The molecule has 0 bridgehead atoms. The maximum atomic E-state index is 14.2. The molecule has 0 saturated carbocycles. The van der Waals surface area contributed by atoms with E-state index in [2.05, 4.69) is 39.5 Å². The Hall–Kier alpha value is -2.41. The Bertz CT molecular complexity index is 618. The molecule has 0 aromatic carbocycles. The minimum Gasteiger partial charge on any atom is -0.206 e. The van der Waals surface area contributed by atoms with E-state index in [1.807, 2.05) is 26.0 Å². The van der Waals surface area contributed by atoms with Crippen LogP contribution in [0.4, 0.5) is 4.39 Å². The molecule has 0 saturated heterocycles. The van der Waals surface area contributed by atoms with Gasteiger partial charge in [-0.15, -0.1) is 0 Å². The molecule has 0 spiro atoms. The molecule has 1 heteroatoms. The molecule has 23 heavy (non-hydrogen) atoms.